The summed E-state index contributed by atoms with van der Waals surface area (Å²) in [6.45, 7) is 3.76. The molecule has 2 heterocycles. The van der Waals surface area contributed by atoms with Gasteiger partial charge in [-0.2, -0.15) is 0 Å². The van der Waals surface area contributed by atoms with Gasteiger partial charge in [0.25, 0.3) is 0 Å². The van der Waals surface area contributed by atoms with E-state index >= 15 is 0 Å². The molecule has 1 aromatic heterocycles. The molecule has 108 valence electrons. The molecule has 5 heteroatoms. The van der Waals surface area contributed by atoms with E-state index in [-0.39, 0.29) is 11.7 Å². The molecular formula is C16H16FN3O. The molecule has 0 aliphatic carbocycles. The monoisotopic (exact) mass is 285 g/mol. The summed E-state index contributed by atoms with van der Waals surface area (Å²) in [6.07, 6.45) is 5.29. The first-order chi connectivity index (χ1) is 10.1. The van der Waals surface area contributed by atoms with Crippen molar-refractivity contribution >= 4 is 5.91 Å². The van der Waals surface area contributed by atoms with Crippen LogP contribution in [0.1, 0.15) is 25.1 Å². The van der Waals surface area contributed by atoms with Crippen LogP contribution in [0.3, 0.4) is 0 Å². The highest BCUT2D eigenvalue weighted by Crippen LogP contribution is 2.34. The Labute approximate surface area is 122 Å². The summed E-state index contributed by atoms with van der Waals surface area (Å²) in [5, 5.41) is 2.99. The highest BCUT2D eigenvalue weighted by Gasteiger charge is 2.40. The van der Waals surface area contributed by atoms with Crippen molar-refractivity contribution in [3.8, 4) is 11.3 Å². The minimum Gasteiger partial charge on any atom is -0.343 e. The number of H-pyrrole nitrogens is 1. The van der Waals surface area contributed by atoms with Crippen LogP contribution in [-0.2, 0) is 10.3 Å². The van der Waals surface area contributed by atoms with E-state index in [2.05, 4.69) is 21.9 Å². The first kappa shape index (κ1) is 13.5. The number of hydrogen-bond acceptors (Lipinski definition) is 2. The van der Waals surface area contributed by atoms with E-state index in [4.69, 9.17) is 0 Å². The first-order valence-electron chi connectivity index (χ1n) is 6.86. The first-order valence-corrected chi connectivity index (χ1v) is 6.86. The van der Waals surface area contributed by atoms with Crippen molar-refractivity contribution in [2.24, 2.45) is 0 Å². The number of nitrogens with zero attached hydrogens (tertiary/aromatic N) is 1. The summed E-state index contributed by atoms with van der Waals surface area (Å²) in [7, 11) is 0. The molecule has 2 N–H and O–H groups in total. The molecule has 1 fully saturated rings. The minimum atomic E-state index is -0.503. The molecule has 4 nitrogen and oxygen atoms in total. The molecule has 3 rings (SSSR count). The maximum Gasteiger partial charge on any atom is 0.220 e. The number of rotatable bonds is 4. The Balaban J connectivity index is 1.94. The van der Waals surface area contributed by atoms with Crippen molar-refractivity contribution < 1.29 is 9.18 Å². The lowest BCUT2D eigenvalue weighted by Crippen LogP contribution is -2.39. The fourth-order valence-corrected chi connectivity index (χ4v) is 2.73. The normalized spacial score (nSPS) is 21.3. The molecule has 0 saturated carbocycles. The number of benzene rings is 1. The standard InChI is InChI=1S/C16H16FN3O/c1-2-8-16(9-7-14(21)20-16)15-18-10-13(19-15)11-3-5-12(17)6-4-11/h2-6,10H,1,7-9H2,(H,18,19)(H,20,21)/t16-/m1/s1. The molecule has 0 radical (unpaired) electrons. The SMILES string of the molecule is C=CC[C@]1(c2ncc(-c3ccc(F)cc3)[nH]2)CCC(=O)N1. The Hall–Kier alpha value is -2.43. The molecule has 0 bridgehead atoms. The van der Waals surface area contributed by atoms with Gasteiger partial charge in [0, 0.05) is 6.42 Å². The van der Waals surface area contributed by atoms with Crippen LogP contribution in [-0.4, -0.2) is 15.9 Å². The number of amides is 1. The fourth-order valence-electron chi connectivity index (χ4n) is 2.73. The Kier molecular flexibility index (Phi) is 3.33. The van der Waals surface area contributed by atoms with Crippen molar-refractivity contribution in [1.29, 1.82) is 0 Å². The van der Waals surface area contributed by atoms with Crippen molar-refractivity contribution in [1.82, 2.24) is 15.3 Å². The number of hydrogen-bond donors (Lipinski definition) is 2. The maximum atomic E-state index is 13.0. The smallest absolute Gasteiger partial charge is 0.220 e. The van der Waals surface area contributed by atoms with E-state index in [1.54, 1.807) is 24.4 Å². The predicted octanol–water partition coefficient (Wildman–Crippen LogP) is 2.90. The van der Waals surface area contributed by atoms with Crippen LogP contribution in [0, 0.1) is 5.82 Å². The number of imidazole rings is 1. The predicted molar refractivity (Wildman–Crippen MR) is 77.9 cm³/mol. The van der Waals surface area contributed by atoms with E-state index in [1.807, 2.05) is 0 Å². The maximum absolute atomic E-state index is 13.0. The molecule has 1 saturated heterocycles. The zero-order valence-corrected chi connectivity index (χ0v) is 11.5. The molecule has 21 heavy (non-hydrogen) atoms. The zero-order valence-electron chi connectivity index (χ0n) is 11.5. The topological polar surface area (TPSA) is 57.8 Å². The molecule has 1 aliphatic rings. The van der Waals surface area contributed by atoms with Gasteiger partial charge < -0.3 is 10.3 Å². The molecule has 1 atom stereocenters. The summed E-state index contributed by atoms with van der Waals surface area (Å²) in [4.78, 5) is 19.2. The zero-order chi connectivity index (χ0) is 14.9. The van der Waals surface area contributed by atoms with Crippen LogP contribution in [0.5, 0.6) is 0 Å². The van der Waals surface area contributed by atoms with Crippen LogP contribution in [0.15, 0.2) is 43.1 Å². The lowest BCUT2D eigenvalue weighted by molar-refractivity contribution is -0.119. The Bertz CT molecular complexity index is 677. The van der Waals surface area contributed by atoms with E-state index in [0.717, 1.165) is 11.3 Å². The molecule has 1 amide bonds. The quantitative estimate of drug-likeness (QED) is 0.849. The van der Waals surface area contributed by atoms with Crippen molar-refractivity contribution in [2.75, 3.05) is 0 Å². The molecular weight excluding hydrogens is 269 g/mol. The summed E-state index contributed by atoms with van der Waals surface area (Å²) in [6, 6.07) is 6.21. The lowest BCUT2D eigenvalue weighted by atomic mass is 9.92. The summed E-state index contributed by atoms with van der Waals surface area (Å²) >= 11 is 0. The number of halogens is 1. The van der Waals surface area contributed by atoms with Crippen LogP contribution in [0.2, 0.25) is 0 Å². The van der Waals surface area contributed by atoms with Crippen molar-refractivity contribution in [3.05, 3.63) is 54.8 Å². The minimum absolute atomic E-state index is 0.0246. The van der Waals surface area contributed by atoms with Gasteiger partial charge in [-0.3, -0.25) is 4.79 Å². The van der Waals surface area contributed by atoms with E-state index in [9.17, 15) is 9.18 Å². The third-order valence-electron chi connectivity index (χ3n) is 3.83. The van der Waals surface area contributed by atoms with Gasteiger partial charge in [0.2, 0.25) is 5.91 Å². The molecule has 2 aromatic rings. The summed E-state index contributed by atoms with van der Waals surface area (Å²) < 4.78 is 13.0. The highest BCUT2D eigenvalue weighted by atomic mass is 19.1. The van der Waals surface area contributed by atoms with Crippen LogP contribution in [0.4, 0.5) is 4.39 Å². The van der Waals surface area contributed by atoms with E-state index in [1.165, 1.54) is 12.1 Å². The largest absolute Gasteiger partial charge is 0.343 e. The van der Waals surface area contributed by atoms with Gasteiger partial charge in [-0.25, -0.2) is 9.37 Å². The molecule has 0 spiro atoms. The number of carbonyl (C=O) groups excluding carboxylic acids is 1. The van der Waals surface area contributed by atoms with Gasteiger partial charge >= 0.3 is 0 Å². The third-order valence-corrected chi connectivity index (χ3v) is 3.83. The van der Waals surface area contributed by atoms with E-state index in [0.29, 0.717) is 25.1 Å². The number of aromatic amines is 1. The third kappa shape index (κ3) is 2.46. The average Bonchev–Trinajstić information content (AvgIpc) is 3.08. The second-order valence-corrected chi connectivity index (χ2v) is 5.28. The summed E-state index contributed by atoms with van der Waals surface area (Å²) in [5.41, 5.74) is 1.15. The number of carbonyl (C=O) groups is 1. The van der Waals surface area contributed by atoms with Gasteiger partial charge in [-0.1, -0.05) is 6.08 Å². The van der Waals surface area contributed by atoms with Gasteiger partial charge in [0.05, 0.1) is 11.9 Å². The Morgan fingerprint density at radius 1 is 1.38 bits per heavy atom. The van der Waals surface area contributed by atoms with Crippen LogP contribution < -0.4 is 5.32 Å². The van der Waals surface area contributed by atoms with Gasteiger partial charge in [0.15, 0.2) is 0 Å². The second kappa shape index (κ2) is 5.16. The highest BCUT2D eigenvalue weighted by molar-refractivity contribution is 5.79. The lowest BCUT2D eigenvalue weighted by Gasteiger charge is -2.25. The molecule has 0 unspecified atom stereocenters. The van der Waals surface area contributed by atoms with Crippen LogP contribution >= 0.6 is 0 Å². The second-order valence-electron chi connectivity index (χ2n) is 5.28. The van der Waals surface area contributed by atoms with Crippen molar-refractivity contribution in [2.45, 2.75) is 24.8 Å². The van der Waals surface area contributed by atoms with Gasteiger partial charge in [-0.05, 0) is 42.7 Å². The van der Waals surface area contributed by atoms with E-state index < -0.39 is 5.54 Å². The van der Waals surface area contributed by atoms with Gasteiger partial charge in [0.1, 0.15) is 17.2 Å². The Morgan fingerprint density at radius 2 is 2.14 bits per heavy atom. The average molecular weight is 285 g/mol. The van der Waals surface area contributed by atoms with Gasteiger partial charge in [-0.15, -0.1) is 6.58 Å². The Morgan fingerprint density at radius 3 is 2.76 bits per heavy atom. The number of nitrogens with one attached hydrogen (secondary N) is 2. The summed E-state index contributed by atoms with van der Waals surface area (Å²) in [5.74, 6) is 0.467. The molecule has 1 aliphatic heterocycles. The number of aromatic nitrogens is 2. The molecule has 1 aromatic carbocycles. The van der Waals surface area contributed by atoms with Crippen molar-refractivity contribution in [3.63, 3.8) is 0 Å². The fraction of sp³-hybridized carbons (Fsp3) is 0.250. The van der Waals surface area contributed by atoms with Crippen LogP contribution in [0.25, 0.3) is 11.3 Å².